The molecule has 0 radical (unpaired) electrons. The maximum atomic E-state index is 11.8. The van der Waals surface area contributed by atoms with Gasteiger partial charge >= 0.3 is 0 Å². The normalized spacial score (nSPS) is 10.8. The zero-order valence-corrected chi connectivity index (χ0v) is 15.9. The number of nitrogens with zero attached hydrogens (tertiary/aromatic N) is 1. The predicted octanol–water partition coefficient (Wildman–Crippen LogP) is 4.36. The lowest BCUT2D eigenvalue weighted by Crippen LogP contribution is -2.24. The van der Waals surface area contributed by atoms with E-state index in [0.717, 1.165) is 25.6 Å². The van der Waals surface area contributed by atoms with E-state index in [1.807, 2.05) is 50.2 Å². The zero-order chi connectivity index (χ0) is 16.8. The fourth-order valence-electron chi connectivity index (χ4n) is 1.98. The van der Waals surface area contributed by atoms with E-state index in [-0.39, 0.29) is 12.5 Å². The Morgan fingerprint density at radius 2 is 1.91 bits per heavy atom. The van der Waals surface area contributed by atoms with Crippen LogP contribution < -0.4 is 10.2 Å². The van der Waals surface area contributed by atoms with Crippen molar-refractivity contribution in [2.45, 2.75) is 13.8 Å². The molecule has 0 spiro atoms. The SMILES string of the molecule is Cc1cc(C)c(OCC(=O)N/N=C/c2ccc(Br)cc2)c(Br)c1. The van der Waals surface area contributed by atoms with Crippen LogP contribution in [-0.4, -0.2) is 18.7 Å². The molecular weight excluding hydrogens is 424 g/mol. The smallest absolute Gasteiger partial charge is 0.277 e. The number of hydrogen-bond donors (Lipinski definition) is 1. The van der Waals surface area contributed by atoms with Crippen LogP contribution in [0.2, 0.25) is 0 Å². The molecule has 23 heavy (non-hydrogen) atoms. The van der Waals surface area contributed by atoms with E-state index in [2.05, 4.69) is 42.4 Å². The lowest BCUT2D eigenvalue weighted by Gasteiger charge is -2.11. The van der Waals surface area contributed by atoms with Crippen molar-refractivity contribution < 1.29 is 9.53 Å². The molecule has 120 valence electrons. The van der Waals surface area contributed by atoms with Gasteiger partial charge in [-0.1, -0.05) is 34.1 Å². The second-order valence-corrected chi connectivity index (χ2v) is 6.80. The van der Waals surface area contributed by atoms with Crippen LogP contribution in [0.15, 0.2) is 50.4 Å². The average Bonchev–Trinajstić information content (AvgIpc) is 2.48. The van der Waals surface area contributed by atoms with E-state index < -0.39 is 0 Å². The van der Waals surface area contributed by atoms with Gasteiger partial charge in [-0.25, -0.2) is 5.43 Å². The van der Waals surface area contributed by atoms with Gasteiger partial charge in [0.1, 0.15) is 5.75 Å². The third kappa shape index (κ3) is 5.48. The number of halogens is 2. The number of aryl methyl sites for hydroxylation is 2. The van der Waals surface area contributed by atoms with Gasteiger partial charge in [0.15, 0.2) is 6.61 Å². The molecule has 0 saturated heterocycles. The Morgan fingerprint density at radius 1 is 1.22 bits per heavy atom. The minimum absolute atomic E-state index is 0.0970. The summed E-state index contributed by atoms with van der Waals surface area (Å²) in [6.45, 7) is 3.85. The number of hydrogen-bond acceptors (Lipinski definition) is 3. The Balaban J connectivity index is 1.87. The molecule has 4 nitrogen and oxygen atoms in total. The minimum Gasteiger partial charge on any atom is -0.482 e. The number of hydrazone groups is 1. The molecule has 0 atom stereocenters. The molecule has 0 aliphatic heterocycles. The highest BCUT2D eigenvalue weighted by Gasteiger charge is 2.08. The van der Waals surface area contributed by atoms with Crippen molar-refractivity contribution >= 4 is 44.0 Å². The number of nitrogens with one attached hydrogen (secondary N) is 1. The highest BCUT2D eigenvalue weighted by Crippen LogP contribution is 2.30. The predicted molar refractivity (Wildman–Crippen MR) is 99.0 cm³/mol. The molecule has 0 aliphatic carbocycles. The Labute approximate surface area is 152 Å². The van der Waals surface area contributed by atoms with Crippen molar-refractivity contribution in [3.8, 4) is 5.75 Å². The summed E-state index contributed by atoms with van der Waals surface area (Å²) in [6.07, 6.45) is 1.58. The van der Waals surface area contributed by atoms with Crippen LogP contribution in [0.4, 0.5) is 0 Å². The monoisotopic (exact) mass is 438 g/mol. The Morgan fingerprint density at radius 3 is 2.57 bits per heavy atom. The van der Waals surface area contributed by atoms with Crippen molar-refractivity contribution in [3.05, 3.63) is 62.0 Å². The lowest BCUT2D eigenvalue weighted by atomic mass is 10.1. The molecule has 0 aromatic heterocycles. The molecule has 0 unspecified atom stereocenters. The number of rotatable bonds is 5. The van der Waals surface area contributed by atoms with Crippen LogP contribution in [0.25, 0.3) is 0 Å². The Hall–Kier alpha value is -1.66. The number of benzene rings is 2. The zero-order valence-electron chi connectivity index (χ0n) is 12.8. The first kappa shape index (κ1) is 17.7. The van der Waals surface area contributed by atoms with Crippen LogP contribution in [0.3, 0.4) is 0 Å². The van der Waals surface area contributed by atoms with Crippen LogP contribution in [0.5, 0.6) is 5.75 Å². The fraction of sp³-hybridized carbons (Fsp3) is 0.176. The van der Waals surface area contributed by atoms with Gasteiger partial charge in [-0.2, -0.15) is 5.10 Å². The summed E-state index contributed by atoms with van der Waals surface area (Å²) in [7, 11) is 0. The number of amides is 1. The minimum atomic E-state index is -0.315. The van der Waals surface area contributed by atoms with Gasteiger partial charge in [0, 0.05) is 4.47 Å². The highest BCUT2D eigenvalue weighted by atomic mass is 79.9. The summed E-state index contributed by atoms with van der Waals surface area (Å²) in [5, 5.41) is 3.91. The molecule has 2 aromatic carbocycles. The van der Waals surface area contributed by atoms with E-state index in [4.69, 9.17) is 4.74 Å². The van der Waals surface area contributed by atoms with E-state index in [1.165, 1.54) is 0 Å². The lowest BCUT2D eigenvalue weighted by molar-refractivity contribution is -0.123. The summed E-state index contributed by atoms with van der Waals surface area (Å²) in [5.41, 5.74) is 5.44. The Kier molecular flexibility index (Phi) is 6.36. The molecule has 0 bridgehead atoms. The third-order valence-electron chi connectivity index (χ3n) is 2.99. The van der Waals surface area contributed by atoms with Gasteiger partial charge in [0.25, 0.3) is 5.91 Å². The van der Waals surface area contributed by atoms with E-state index in [9.17, 15) is 4.79 Å². The Bertz CT molecular complexity index is 705. The van der Waals surface area contributed by atoms with Gasteiger partial charge in [-0.15, -0.1) is 0 Å². The van der Waals surface area contributed by atoms with Crippen molar-refractivity contribution in [3.63, 3.8) is 0 Å². The van der Waals surface area contributed by atoms with E-state index in [0.29, 0.717) is 5.75 Å². The molecule has 0 heterocycles. The van der Waals surface area contributed by atoms with Crippen molar-refractivity contribution in [1.82, 2.24) is 5.43 Å². The molecule has 1 N–H and O–H groups in total. The number of carbonyl (C=O) groups excluding carboxylic acids is 1. The largest absolute Gasteiger partial charge is 0.482 e. The summed E-state index contributed by atoms with van der Waals surface area (Å²) in [5.74, 6) is 0.355. The summed E-state index contributed by atoms with van der Waals surface area (Å²) in [4.78, 5) is 11.8. The second kappa shape index (κ2) is 8.26. The standard InChI is InChI=1S/C17H16Br2N2O2/c1-11-7-12(2)17(15(19)8-11)23-10-16(22)21-20-9-13-3-5-14(18)6-4-13/h3-9H,10H2,1-2H3,(H,21,22)/b20-9+. The number of ether oxygens (including phenoxy) is 1. The van der Waals surface area contributed by atoms with Crippen molar-refractivity contribution in [2.24, 2.45) is 5.10 Å². The first-order valence-electron chi connectivity index (χ1n) is 6.92. The quantitative estimate of drug-likeness (QED) is 0.555. The van der Waals surface area contributed by atoms with Crippen LogP contribution in [0.1, 0.15) is 16.7 Å². The fourth-order valence-corrected chi connectivity index (χ4v) is 3.04. The van der Waals surface area contributed by atoms with Gasteiger partial charge < -0.3 is 4.74 Å². The topological polar surface area (TPSA) is 50.7 Å². The van der Waals surface area contributed by atoms with E-state index >= 15 is 0 Å². The van der Waals surface area contributed by atoms with Gasteiger partial charge in [-0.3, -0.25) is 4.79 Å². The molecule has 0 saturated carbocycles. The molecule has 2 rings (SSSR count). The molecular formula is C17H16Br2N2O2. The van der Waals surface area contributed by atoms with Crippen LogP contribution >= 0.6 is 31.9 Å². The maximum Gasteiger partial charge on any atom is 0.277 e. The van der Waals surface area contributed by atoms with Gasteiger partial charge in [0.05, 0.1) is 10.7 Å². The molecule has 2 aromatic rings. The van der Waals surface area contributed by atoms with Crippen molar-refractivity contribution in [2.75, 3.05) is 6.61 Å². The van der Waals surface area contributed by atoms with E-state index in [1.54, 1.807) is 6.21 Å². The number of carbonyl (C=O) groups is 1. The van der Waals surface area contributed by atoms with Crippen LogP contribution in [0, 0.1) is 13.8 Å². The summed E-state index contributed by atoms with van der Waals surface area (Å²) >= 11 is 6.81. The average molecular weight is 440 g/mol. The molecule has 6 heteroatoms. The molecule has 0 fully saturated rings. The second-order valence-electron chi connectivity index (χ2n) is 5.03. The molecule has 1 amide bonds. The van der Waals surface area contributed by atoms with Gasteiger partial charge in [-0.05, 0) is 64.7 Å². The van der Waals surface area contributed by atoms with Crippen LogP contribution in [-0.2, 0) is 4.79 Å². The summed E-state index contributed by atoms with van der Waals surface area (Å²) < 4.78 is 7.39. The summed E-state index contributed by atoms with van der Waals surface area (Å²) in [6, 6.07) is 11.6. The maximum absolute atomic E-state index is 11.8. The molecule has 0 aliphatic rings. The highest BCUT2D eigenvalue weighted by molar-refractivity contribution is 9.10. The third-order valence-corrected chi connectivity index (χ3v) is 4.11. The first-order valence-corrected chi connectivity index (χ1v) is 8.51. The first-order chi connectivity index (χ1) is 11.0. The van der Waals surface area contributed by atoms with Crippen molar-refractivity contribution in [1.29, 1.82) is 0 Å². The van der Waals surface area contributed by atoms with Gasteiger partial charge in [0.2, 0.25) is 0 Å².